The Morgan fingerprint density at radius 1 is 1.09 bits per heavy atom. The topological polar surface area (TPSA) is 51.0 Å². The van der Waals surface area contributed by atoms with Gasteiger partial charge in [0.25, 0.3) is 0 Å². The molecule has 22 heavy (non-hydrogen) atoms. The van der Waals surface area contributed by atoms with Crippen molar-refractivity contribution in [3.63, 3.8) is 0 Å². The Labute approximate surface area is 137 Å². The minimum atomic E-state index is 0.487. The van der Waals surface area contributed by atoms with E-state index in [-0.39, 0.29) is 0 Å². The largest absolute Gasteiger partial charge is 0.419 e. The summed E-state index contributed by atoms with van der Waals surface area (Å²) in [5, 5.41) is 11.5. The fourth-order valence-electron chi connectivity index (χ4n) is 2.18. The fraction of sp³-hybridized carbons (Fsp3) is 0.176. The lowest BCUT2D eigenvalue weighted by Gasteiger charge is -2.06. The molecule has 3 aromatic rings. The van der Waals surface area contributed by atoms with Crippen molar-refractivity contribution < 1.29 is 4.42 Å². The van der Waals surface area contributed by atoms with E-state index in [9.17, 15) is 0 Å². The van der Waals surface area contributed by atoms with Crippen molar-refractivity contribution in [3.05, 3.63) is 64.0 Å². The number of hydrogen-bond acceptors (Lipinski definition) is 4. The lowest BCUT2D eigenvalue weighted by molar-refractivity contribution is 0.514. The normalized spacial score (nSPS) is 10.7. The predicted octanol–water partition coefficient (Wildman–Crippen LogP) is 4.73. The summed E-state index contributed by atoms with van der Waals surface area (Å²) in [4.78, 5) is 0. The third kappa shape index (κ3) is 3.20. The van der Waals surface area contributed by atoms with Gasteiger partial charge in [-0.05, 0) is 59.1 Å². The van der Waals surface area contributed by atoms with Gasteiger partial charge in [0, 0.05) is 15.7 Å². The van der Waals surface area contributed by atoms with Gasteiger partial charge in [-0.15, -0.1) is 10.2 Å². The van der Waals surface area contributed by atoms with Gasteiger partial charge in [0.2, 0.25) is 11.8 Å². The molecule has 0 bridgehead atoms. The highest BCUT2D eigenvalue weighted by Crippen LogP contribution is 2.25. The van der Waals surface area contributed by atoms with Gasteiger partial charge in [0.05, 0.1) is 6.54 Å². The van der Waals surface area contributed by atoms with Crippen molar-refractivity contribution in [1.82, 2.24) is 10.2 Å². The van der Waals surface area contributed by atoms with Crippen LogP contribution < -0.4 is 5.32 Å². The number of nitrogens with zero attached hydrogens (tertiary/aromatic N) is 2. The fourth-order valence-corrected chi connectivity index (χ4v) is 2.81. The van der Waals surface area contributed by atoms with Crippen molar-refractivity contribution in [3.8, 4) is 11.5 Å². The molecule has 2 aromatic carbocycles. The highest BCUT2D eigenvalue weighted by molar-refractivity contribution is 9.10. The molecule has 0 saturated carbocycles. The quantitative estimate of drug-likeness (QED) is 0.733. The van der Waals surface area contributed by atoms with Gasteiger partial charge in [0.15, 0.2) is 0 Å². The summed E-state index contributed by atoms with van der Waals surface area (Å²) in [5.74, 6) is 1.11. The zero-order chi connectivity index (χ0) is 15.5. The summed E-state index contributed by atoms with van der Waals surface area (Å²) in [5.41, 5.74) is 4.29. The minimum Gasteiger partial charge on any atom is -0.419 e. The van der Waals surface area contributed by atoms with E-state index in [0.29, 0.717) is 18.3 Å². The Morgan fingerprint density at radius 2 is 1.91 bits per heavy atom. The van der Waals surface area contributed by atoms with E-state index in [1.807, 2.05) is 37.3 Å². The molecule has 0 radical (unpaired) electrons. The average Bonchev–Trinajstić information content (AvgIpc) is 2.95. The van der Waals surface area contributed by atoms with Gasteiger partial charge < -0.3 is 9.73 Å². The smallest absolute Gasteiger partial charge is 0.248 e. The molecule has 3 rings (SSSR count). The maximum absolute atomic E-state index is 5.74. The summed E-state index contributed by atoms with van der Waals surface area (Å²) >= 11 is 3.54. The highest BCUT2D eigenvalue weighted by Gasteiger charge is 2.10. The van der Waals surface area contributed by atoms with Crippen LogP contribution in [-0.4, -0.2) is 10.2 Å². The molecule has 1 N–H and O–H groups in total. The number of nitrogens with one attached hydrogen (secondary N) is 1. The zero-order valence-corrected chi connectivity index (χ0v) is 14.0. The Kier molecular flexibility index (Phi) is 4.24. The van der Waals surface area contributed by atoms with E-state index >= 15 is 0 Å². The Bertz CT molecular complexity index is 798. The second kappa shape index (κ2) is 6.32. The van der Waals surface area contributed by atoms with Crippen LogP contribution in [-0.2, 0) is 6.54 Å². The van der Waals surface area contributed by atoms with Gasteiger partial charge in [-0.25, -0.2) is 0 Å². The minimum absolute atomic E-state index is 0.487. The summed E-state index contributed by atoms with van der Waals surface area (Å²) < 4.78 is 6.76. The number of aromatic nitrogens is 2. The molecular weight excluding hydrogens is 342 g/mol. The molecule has 0 aliphatic rings. The SMILES string of the molecule is Cc1ccc(NCc2nnc(-c3ccccc3C)o2)c(Br)c1. The molecule has 1 aromatic heterocycles. The molecule has 0 spiro atoms. The van der Waals surface area contributed by atoms with Gasteiger partial charge in [0.1, 0.15) is 0 Å². The van der Waals surface area contributed by atoms with Gasteiger partial charge >= 0.3 is 0 Å². The van der Waals surface area contributed by atoms with Crippen LogP contribution in [0.5, 0.6) is 0 Å². The Hall–Kier alpha value is -2.14. The van der Waals surface area contributed by atoms with Gasteiger partial charge in [-0.1, -0.05) is 24.3 Å². The first-order valence-electron chi connectivity index (χ1n) is 7.02. The van der Waals surface area contributed by atoms with Crippen molar-refractivity contribution in [1.29, 1.82) is 0 Å². The van der Waals surface area contributed by atoms with Crippen LogP contribution in [0.4, 0.5) is 5.69 Å². The molecular formula is C17H16BrN3O. The first-order valence-corrected chi connectivity index (χ1v) is 7.81. The number of benzene rings is 2. The maximum Gasteiger partial charge on any atom is 0.248 e. The summed E-state index contributed by atoms with van der Waals surface area (Å²) in [6.45, 7) is 4.57. The van der Waals surface area contributed by atoms with E-state index < -0.39 is 0 Å². The van der Waals surface area contributed by atoms with Crippen LogP contribution >= 0.6 is 15.9 Å². The maximum atomic E-state index is 5.74. The van der Waals surface area contributed by atoms with Crippen LogP contribution in [0.1, 0.15) is 17.0 Å². The number of halogens is 1. The third-order valence-corrected chi connectivity index (χ3v) is 4.05. The molecule has 0 saturated heterocycles. The number of hydrogen-bond donors (Lipinski definition) is 1. The molecule has 0 aliphatic carbocycles. The highest BCUT2D eigenvalue weighted by atomic mass is 79.9. The lowest BCUT2D eigenvalue weighted by Crippen LogP contribution is -2.00. The van der Waals surface area contributed by atoms with E-state index in [1.54, 1.807) is 0 Å². The molecule has 1 heterocycles. The molecule has 4 nitrogen and oxygen atoms in total. The van der Waals surface area contributed by atoms with Crippen molar-refractivity contribution in [2.45, 2.75) is 20.4 Å². The van der Waals surface area contributed by atoms with E-state index in [1.165, 1.54) is 5.56 Å². The van der Waals surface area contributed by atoms with Gasteiger partial charge in [-0.3, -0.25) is 0 Å². The Morgan fingerprint density at radius 3 is 2.68 bits per heavy atom. The van der Waals surface area contributed by atoms with Crippen molar-refractivity contribution in [2.75, 3.05) is 5.32 Å². The standard InChI is InChI=1S/C17H16BrN3O/c1-11-7-8-15(14(18)9-11)19-10-16-20-21-17(22-16)13-6-4-3-5-12(13)2/h3-9,19H,10H2,1-2H3. The number of rotatable bonds is 4. The van der Waals surface area contributed by atoms with Crippen LogP contribution in [0.3, 0.4) is 0 Å². The summed E-state index contributed by atoms with van der Waals surface area (Å²) in [7, 11) is 0. The van der Waals surface area contributed by atoms with E-state index in [0.717, 1.165) is 21.3 Å². The third-order valence-electron chi connectivity index (χ3n) is 3.40. The van der Waals surface area contributed by atoms with Gasteiger partial charge in [-0.2, -0.15) is 0 Å². The van der Waals surface area contributed by atoms with E-state index in [4.69, 9.17) is 4.42 Å². The van der Waals surface area contributed by atoms with Crippen LogP contribution in [0.15, 0.2) is 51.4 Å². The first kappa shape index (κ1) is 14.8. The molecule has 0 fully saturated rings. The summed E-state index contributed by atoms with van der Waals surface area (Å²) in [6.07, 6.45) is 0. The molecule has 0 amide bonds. The van der Waals surface area contributed by atoms with Crippen LogP contribution in [0, 0.1) is 13.8 Å². The first-order chi connectivity index (χ1) is 10.6. The molecule has 0 aliphatic heterocycles. The van der Waals surface area contributed by atoms with Crippen molar-refractivity contribution in [2.24, 2.45) is 0 Å². The van der Waals surface area contributed by atoms with E-state index in [2.05, 4.69) is 50.5 Å². The lowest BCUT2D eigenvalue weighted by atomic mass is 10.1. The van der Waals surface area contributed by atoms with Crippen LogP contribution in [0.2, 0.25) is 0 Å². The molecule has 0 unspecified atom stereocenters. The zero-order valence-electron chi connectivity index (χ0n) is 12.4. The second-order valence-electron chi connectivity index (χ2n) is 5.15. The summed E-state index contributed by atoms with van der Waals surface area (Å²) in [6, 6.07) is 14.1. The molecule has 112 valence electrons. The average molecular weight is 358 g/mol. The second-order valence-corrected chi connectivity index (χ2v) is 6.01. The molecule has 5 heteroatoms. The van der Waals surface area contributed by atoms with Crippen molar-refractivity contribution >= 4 is 21.6 Å². The molecule has 0 atom stereocenters. The predicted molar refractivity (Wildman–Crippen MR) is 90.7 cm³/mol. The number of anilines is 1. The van der Waals surface area contributed by atoms with Crippen LogP contribution in [0.25, 0.3) is 11.5 Å². The number of aryl methyl sites for hydroxylation is 2. The Balaban J connectivity index is 1.74. The monoisotopic (exact) mass is 357 g/mol.